The van der Waals surface area contributed by atoms with Crippen molar-refractivity contribution in [2.45, 2.75) is 110 Å². The molecule has 0 aliphatic rings. The van der Waals surface area contributed by atoms with Crippen LogP contribution in [0.1, 0.15) is 110 Å². The van der Waals surface area contributed by atoms with Crippen LogP contribution in [0.25, 0.3) is 0 Å². The van der Waals surface area contributed by atoms with Gasteiger partial charge >= 0.3 is 5.97 Å². The van der Waals surface area contributed by atoms with Gasteiger partial charge < -0.3 is 10.4 Å². The number of unbranched alkanes of at least 4 members (excludes halogenated alkanes) is 13. The Labute approximate surface area is 144 Å². The van der Waals surface area contributed by atoms with E-state index < -0.39 is 5.97 Å². The summed E-state index contributed by atoms with van der Waals surface area (Å²) >= 11 is 0. The van der Waals surface area contributed by atoms with Gasteiger partial charge in [-0.3, -0.25) is 4.79 Å². The fourth-order valence-corrected chi connectivity index (χ4v) is 2.92. The molecule has 0 saturated carbocycles. The first-order chi connectivity index (χ1) is 11.3. The molecule has 0 radical (unpaired) electrons. The molecule has 0 aromatic carbocycles. The first-order valence-electron chi connectivity index (χ1n) is 10.2. The Kier molecular flexibility index (Phi) is 19.0. The van der Waals surface area contributed by atoms with E-state index in [9.17, 15) is 4.79 Å². The first kappa shape index (κ1) is 22.4. The summed E-state index contributed by atoms with van der Waals surface area (Å²) in [6.45, 7) is 4.66. The largest absolute Gasteiger partial charge is 0.481 e. The number of hydrogen-bond acceptors (Lipinski definition) is 2. The van der Waals surface area contributed by atoms with Gasteiger partial charge in [-0.05, 0) is 32.4 Å². The highest BCUT2D eigenvalue weighted by Crippen LogP contribution is 2.11. The maximum atomic E-state index is 10.4. The molecule has 0 amide bonds. The third-order valence-electron chi connectivity index (χ3n) is 4.45. The Bertz CT molecular complexity index is 244. The zero-order valence-corrected chi connectivity index (χ0v) is 15.6. The number of carboxylic acids is 1. The van der Waals surface area contributed by atoms with Crippen molar-refractivity contribution in [3.63, 3.8) is 0 Å². The molecule has 138 valence electrons. The summed E-state index contributed by atoms with van der Waals surface area (Å²) in [4.78, 5) is 10.4. The quantitative estimate of drug-likeness (QED) is 0.289. The van der Waals surface area contributed by atoms with E-state index in [1.807, 2.05) is 0 Å². The van der Waals surface area contributed by atoms with Crippen LogP contribution in [0.15, 0.2) is 0 Å². The average Bonchev–Trinajstić information content (AvgIpc) is 2.53. The van der Waals surface area contributed by atoms with Crippen LogP contribution in [-0.2, 0) is 4.79 Å². The zero-order valence-electron chi connectivity index (χ0n) is 15.6. The molecule has 0 aromatic heterocycles. The summed E-state index contributed by atoms with van der Waals surface area (Å²) < 4.78 is 0. The van der Waals surface area contributed by atoms with Crippen molar-refractivity contribution >= 4 is 5.97 Å². The average molecular weight is 328 g/mol. The Morgan fingerprint density at radius 2 is 1.04 bits per heavy atom. The number of carboxylic acid groups (broad SMARTS) is 1. The Morgan fingerprint density at radius 1 is 0.652 bits per heavy atom. The van der Waals surface area contributed by atoms with E-state index in [0.717, 1.165) is 12.8 Å². The number of rotatable bonds is 19. The van der Waals surface area contributed by atoms with Gasteiger partial charge in [-0.25, -0.2) is 0 Å². The Hall–Kier alpha value is -0.570. The highest BCUT2D eigenvalue weighted by molar-refractivity contribution is 5.66. The molecule has 3 nitrogen and oxygen atoms in total. The third-order valence-corrected chi connectivity index (χ3v) is 4.45. The SMILES string of the molecule is CCCCCCNCCCCCCCCCCCCCC(=O)O. The van der Waals surface area contributed by atoms with Gasteiger partial charge in [0.25, 0.3) is 0 Å². The number of carbonyl (C=O) groups is 1. The minimum Gasteiger partial charge on any atom is -0.481 e. The molecule has 0 heterocycles. The molecule has 0 aliphatic heterocycles. The molecule has 0 bridgehead atoms. The summed E-state index contributed by atoms with van der Waals surface area (Å²) in [7, 11) is 0. The van der Waals surface area contributed by atoms with Crippen LogP contribution in [0.5, 0.6) is 0 Å². The molecule has 0 fully saturated rings. The van der Waals surface area contributed by atoms with Crippen molar-refractivity contribution in [3.05, 3.63) is 0 Å². The molecule has 0 aromatic rings. The van der Waals surface area contributed by atoms with Gasteiger partial charge in [0, 0.05) is 6.42 Å². The molecular weight excluding hydrogens is 286 g/mol. The van der Waals surface area contributed by atoms with Gasteiger partial charge in [0.15, 0.2) is 0 Å². The second kappa shape index (κ2) is 19.5. The van der Waals surface area contributed by atoms with E-state index in [-0.39, 0.29) is 0 Å². The lowest BCUT2D eigenvalue weighted by Crippen LogP contribution is -2.16. The summed E-state index contributed by atoms with van der Waals surface area (Å²) in [6, 6.07) is 0. The van der Waals surface area contributed by atoms with Crippen LogP contribution in [0.4, 0.5) is 0 Å². The lowest BCUT2D eigenvalue weighted by molar-refractivity contribution is -0.137. The van der Waals surface area contributed by atoms with Crippen LogP contribution < -0.4 is 5.32 Å². The standard InChI is InChI=1S/C20H41NO2/c1-2-3-4-15-18-21-19-16-13-11-9-7-5-6-8-10-12-14-17-20(22)23/h21H,2-19H2,1H3,(H,22,23). The van der Waals surface area contributed by atoms with Gasteiger partial charge in [0.2, 0.25) is 0 Å². The molecule has 23 heavy (non-hydrogen) atoms. The molecule has 0 unspecified atom stereocenters. The van der Waals surface area contributed by atoms with E-state index in [4.69, 9.17) is 5.11 Å². The fourth-order valence-electron chi connectivity index (χ4n) is 2.92. The van der Waals surface area contributed by atoms with Crippen molar-refractivity contribution in [2.75, 3.05) is 13.1 Å². The lowest BCUT2D eigenvalue weighted by Gasteiger charge is -2.05. The highest BCUT2D eigenvalue weighted by Gasteiger charge is 1.97. The van der Waals surface area contributed by atoms with E-state index in [1.54, 1.807) is 0 Å². The molecule has 0 atom stereocenters. The van der Waals surface area contributed by atoms with Gasteiger partial charge in [-0.2, -0.15) is 0 Å². The van der Waals surface area contributed by atoms with Gasteiger partial charge in [-0.15, -0.1) is 0 Å². The highest BCUT2D eigenvalue weighted by atomic mass is 16.4. The Balaban J connectivity index is 2.96. The van der Waals surface area contributed by atoms with Crippen molar-refractivity contribution in [3.8, 4) is 0 Å². The topological polar surface area (TPSA) is 49.3 Å². The van der Waals surface area contributed by atoms with Crippen molar-refractivity contribution < 1.29 is 9.90 Å². The van der Waals surface area contributed by atoms with Crippen molar-refractivity contribution in [2.24, 2.45) is 0 Å². The van der Waals surface area contributed by atoms with Crippen LogP contribution in [0, 0.1) is 0 Å². The van der Waals surface area contributed by atoms with Crippen molar-refractivity contribution in [1.29, 1.82) is 0 Å². The number of nitrogens with one attached hydrogen (secondary N) is 1. The second-order valence-electron chi connectivity index (χ2n) is 6.84. The normalized spacial score (nSPS) is 11.0. The van der Waals surface area contributed by atoms with E-state index in [1.165, 1.54) is 96.6 Å². The molecule has 0 rings (SSSR count). The van der Waals surface area contributed by atoms with Crippen molar-refractivity contribution in [1.82, 2.24) is 5.32 Å². The van der Waals surface area contributed by atoms with Gasteiger partial charge in [-0.1, -0.05) is 84.0 Å². The molecule has 0 aliphatic carbocycles. The van der Waals surface area contributed by atoms with Gasteiger partial charge in [0.1, 0.15) is 0 Å². The smallest absolute Gasteiger partial charge is 0.303 e. The summed E-state index contributed by atoms with van der Waals surface area (Å²) in [6.07, 6.45) is 19.7. The number of aliphatic carboxylic acids is 1. The maximum Gasteiger partial charge on any atom is 0.303 e. The monoisotopic (exact) mass is 327 g/mol. The van der Waals surface area contributed by atoms with Crippen LogP contribution >= 0.6 is 0 Å². The summed E-state index contributed by atoms with van der Waals surface area (Å²) in [5.41, 5.74) is 0. The third kappa shape index (κ3) is 21.4. The molecular formula is C20H41NO2. The van der Waals surface area contributed by atoms with Crippen LogP contribution in [0.2, 0.25) is 0 Å². The van der Waals surface area contributed by atoms with Crippen LogP contribution in [-0.4, -0.2) is 24.2 Å². The first-order valence-corrected chi connectivity index (χ1v) is 10.2. The Morgan fingerprint density at radius 3 is 1.48 bits per heavy atom. The summed E-state index contributed by atoms with van der Waals surface area (Å²) in [5.74, 6) is -0.656. The van der Waals surface area contributed by atoms with E-state index >= 15 is 0 Å². The van der Waals surface area contributed by atoms with E-state index in [0.29, 0.717) is 6.42 Å². The summed E-state index contributed by atoms with van der Waals surface area (Å²) in [5, 5.41) is 12.1. The fraction of sp³-hybridized carbons (Fsp3) is 0.950. The zero-order chi connectivity index (χ0) is 17.0. The predicted octanol–water partition coefficient (Wildman–Crippen LogP) is 5.92. The molecule has 0 spiro atoms. The van der Waals surface area contributed by atoms with Gasteiger partial charge in [0.05, 0.1) is 0 Å². The van der Waals surface area contributed by atoms with Crippen LogP contribution in [0.3, 0.4) is 0 Å². The maximum absolute atomic E-state index is 10.4. The molecule has 3 heteroatoms. The molecule has 0 saturated heterocycles. The lowest BCUT2D eigenvalue weighted by atomic mass is 10.1. The predicted molar refractivity (Wildman–Crippen MR) is 100 cm³/mol. The number of hydrogen-bond donors (Lipinski definition) is 2. The second-order valence-corrected chi connectivity index (χ2v) is 6.84. The van der Waals surface area contributed by atoms with E-state index in [2.05, 4.69) is 12.2 Å². The molecule has 2 N–H and O–H groups in total. The minimum absolute atomic E-state index is 0.341. The minimum atomic E-state index is -0.656.